The Morgan fingerprint density at radius 1 is 1.14 bits per heavy atom. The van der Waals surface area contributed by atoms with Gasteiger partial charge in [0, 0.05) is 18.5 Å². The first-order valence-corrected chi connectivity index (χ1v) is 11.7. The summed E-state index contributed by atoms with van der Waals surface area (Å²) in [5.74, 6) is 0.484. The Hall–Kier alpha value is -2.22. The zero-order valence-corrected chi connectivity index (χ0v) is 16.5. The van der Waals surface area contributed by atoms with Gasteiger partial charge in [-0.2, -0.15) is 0 Å². The molecule has 1 atom stereocenters. The van der Waals surface area contributed by atoms with E-state index in [4.69, 9.17) is 0 Å². The van der Waals surface area contributed by atoms with Crippen LogP contribution in [0.1, 0.15) is 32.1 Å². The number of hydrogen-bond donors (Lipinski definition) is 1. The van der Waals surface area contributed by atoms with E-state index in [1.54, 1.807) is 17.0 Å². The molecule has 1 aromatic carbocycles. The van der Waals surface area contributed by atoms with Gasteiger partial charge >= 0.3 is 0 Å². The number of nitrogens with zero attached hydrogens (tertiary/aromatic N) is 2. The molecular weight excluding hydrogens is 378 g/mol. The van der Waals surface area contributed by atoms with Gasteiger partial charge in [-0.25, -0.2) is 13.4 Å². The zero-order chi connectivity index (χ0) is 19.7. The summed E-state index contributed by atoms with van der Waals surface area (Å²) in [6, 6.07) is 7.10. The quantitative estimate of drug-likeness (QED) is 0.834. The molecule has 1 saturated heterocycles. The van der Waals surface area contributed by atoms with E-state index in [0.29, 0.717) is 29.8 Å². The molecular formula is C20H25N3O4S. The number of carbonyl (C=O) groups is 1. The number of benzene rings is 1. The van der Waals surface area contributed by atoms with Crippen LogP contribution in [0, 0.1) is 11.8 Å². The molecule has 1 aliphatic carbocycles. The van der Waals surface area contributed by atoms with Crippen LogP contribution in [0.4, 0.5) is 0 Å². The molecule has 0 bridgehead atoms. The van der Waals surface area contributed by atoms with Crippen molar-refractivity contribution in [2.24, 2.45) is 11.8 Å². The monoisotopic (exact) mass is 403 g/mol. The molecule has 1 saturated carbocycles. The fourth-order valence-electron chi connectivity index (χ4n) is 4.35. The van der Waals surface area contributed by atoms with Crippen LogP contribution in [0.2, 0.25) is 0 Å². The minimum atomic E-state index is -2.99. The maximum atomic E-state index is 12.6. The Bertz CT molecular complexity index is 1040. The highest BCUT2D eigenvalue weighted by atomic mass is 32.2. The lowest BCUT2D eigenvalue weighted by Gasteiger charge is -2.28. The first kappa shape index (κ1) is 19.1. The van der Waals surface area contributed by atoms with Gasteiger partial charge in [0.2, 0.25) is 5.91 Å². The highest BCUT2D eigenvalue weighted by molar-refractivity contribution is 7.91. The summed E-state index contributed by atoms with van der Waals surface area (Å²) in [7, 11) is -2.99. The average Bonchev–Trinajstić information content (AvgIpc) is 3.03. The summed E-state index contributed by atoms with van der Waals surface area (Å²) in [5.41, 5.74) is 0.686. The van der Waals surface area contributed by atoms with Gasteiger partial charge < -0.3 is 5.32 Å². The number of rotatable bonds is 4. The number of carbonyl (C=O) groups excluding carboxylic acids is 1. The molecule has 28 heavy (non-hydrogen) atoms. The van der Waals surface area contributed by atoms with Crippen LogP contribution in [0.3, 0.4) is 0 Å². The Morgan fingerprint density at radius 3 is 2.61 bits per heavy atom. The zero-order valence-electron chi connectivity index (χ0n) is 15.7. The number of nitrogens with one attached hydrogen (secondary N) is 1. The normalized spacial score (nSPS) is 26.9. The second-order valence-electron chi connectivity index (χ2n) is 8.05. The number of sulfone groups is 1. The summed E-state index contributed by atoms with van der Waals surface area (Å²) < 4.78 is 24.8. The predicted molar refractivity (Wildman–Crippen MR) is 107 cm³/mol. The number of aromatic nitrogens is 2. The third-order valence-electron chi connectivity index (χ3n) is 5.98. The van der Waals surface area contributed by atoms with Crippen LogP contribution in [0.15, 0.2) is 35.4 Å². The van der Waals surface area contributed by atoms with Gasteiger partial charge in [-0.05, 0) is 50.2 Å². The molecule has 1 N–H and O–H groups in total. The number of fused-ring (bicyclic) bond motifs is 1. The summed E-state index contributed by atoms with van der Waals surface area (Å²) in [6.07, 6.45) is 5.42. The molecule has 0 radical (unpaired) electrons. The van der Waals surface area contributed by atoms with Crippen molar-refractivity contribution in [3.05, 3.63) is 40.9 Å². The largest absolute Gasteiger partial charge is 0.352 e. The van der Waals surface area contributed by atoms with Gasteiger partial charge in [0.25, 0.3) is 5.56 Å². The van der Waals surface area contributed by atoms with Crippen LogP contribution < -0.4 is 10.9 Å². The van der Waals surface area contributed by atoms with Gasteiger partial charge in [0.05, 0.1) is 28.7 Å². The van der Waals surface area contributed by atoms with Crippen LogP contribution in [-0.2, 0) is 21.2 Å². The highest BCUT2D eigenvalue weighted by Crippen LogP contribution is 2.30. The van der Waals surface area contributed by atoms with Crippen molar-refractivity contribution in [1.29, 1.82) is 0 Å². The summed E-state index contributed by atoms with van der Waals surface area (Å²) in [6.45, 7) is 0.617. The number of hydrogen-bond acceptors (Lipinski definition) is 5. The van der Waals surface area contributed by atoms with Gasteiger partial charge in [0.1, 0.15) is 0 Å². The second kappa shape index (κ2) is 7.66. The van der Waals surface area contributed by atoms with Crippen molar-refractivity contribution >= 4 is 26.6 Å². The number of amides is 1. The summed E-state index contributed by atoms with van der Waals surface area (Å²) >= 11 is 0. The van der Waals surface area contributed by atoms with Gasteiger partial charge in [0.15, 0.2) is 9.84 Å². The van der Waals surface area contributed by atoms with E-state index >= 15 is 0 Å². The van der Waals surface area contributed by atoms with E-state index in [1.807, 2.05) is 18.2 Å². The molecule has 4 rings (SSSR count). The minimum absolute atomic E-state index is 0.0205. The average molecular weight is 404 g/mol. The molecule has 0 spiro atoms. The van der Waals surface area contributed by atoms with E-state index in [1.165, 1.54) is 0 Å². The number of para-hydroxylation sites is 1. The van der Waals surface area contributed by atoms with Crippen LogP contribution in [0.5, 0.6) is 0 Å². The van der Waals surface area contributed by atoms with Crippen molar-refractivity contribution in [2.75, 3.05) is 11.5 Å². The Balaban J connectivity index is 1.33. The van der Waals surface area contributed by atoms with Gasteiger partial charge in [-0.3, -0.25) is 14.2 Å². The van der Waals surface area contributed by atoms with E-state index in [9.17, 15) is 18.0 Å². The lowest BCUT2D eigenvalue weighted by molar-refractivity contribution is -0.126. The Morgan fingerprint density at radius 2 is 1.89 bits per heavy atom. The van der Waals surface area contributed by atoms with E-state index in [0.717, 1.165) is 25.7 Å². The lowest BCUT2D eigenvalue weighted by Crippen LogP contribution is -2.41. The summed E-state index contributed by atoms with van der Waals surface area (Å²) in [5, 5.41) is 3.54. The molecule has 150 valence electrons. The molecule has 2 aliphatic rings. The third kappa shape index (κ3) is 4.11. The maximum Gasteiger partial charge on any atom is 0.261 e. The van der Waals surface area contributed by atoms with E-state index in [2.05, 4.69) is 10.3 Å². The standard InChI is InChI=1S/C20H25N3O4S/c24-19(22-16-9-10-28(26,27)12-16)15-7-5-14(6-8-15)11-23-13-21-18-4-2-1-3-17(18)20(23)25/h1-4,13-16H,5-12H2,(H,22,24)/t14?,15?,16-/m0/s1. The highest BCUT2D eigenvalue weighted by Gasteiger charge is 2.32. The van der Waals surface area contributed by atoms with Crippen molar-refractivity contribution in [3.8, 4) is 0 Å². The first-order valence-electron chi connectivity index (χ1n) is 9.86. The van der Waals surface area contributed by atoms with Crippen molar-refractivity contribution in [3.63, 3.8) is 0 Å². The topological polar surface area (TPSA) is 98.1 Å². The molecule has 2 heterocycles. The molecule has 2 fully saturated rings. The van der Waals surface area contributed by atoms with Gasteiger partial charge in [-0.1, -0.05) is 12.1 Å². The Kier molecular flexibility index (Phi) is 5.23. The molecule has 1 aromatic heterocycles. The fraction of sp³-hybridized carbons (Fsp3) is 0.550. The fourth-order valence-corrected chi connectivity index (χ4v) is 6.02. The maximum absolute atomic E-state index is 12.6. The van der Waals surface area contributed by atoms with Crippen LogP contribution in [0.25, 0.3) is 10.9 Å². The van der Waals surface area contributed by atoms with E-state index < -0.39 is 9.84 Å². The van der Waals surface area contributed by atoms with Gasteiger partial charge in [-0.15, -0.1) is 0 Å². The SMILES string of the molecule is O=C(N[C@H]1CCS(=O)(=O)C1)C1CCC(Cn2cnc3ccccc3c2=O)CC1. The van der Waals surface area contributed by atoms with Crippen LogP contribution in [-0.4, -0.2) is 41.4 Å². The third-order valence-corrected chi connectivity index (χ3v) is 7.75. The predicted octanol–water partition coefficient (Wildman–Crippen LogP) is 1.51. The molecule has 1 aliphatic heterocycles. The van der Waals surface area contributed by atoms with Crippen molar-refractivity contribution in [1.82, 2.24) is 14.9 Å². The molecule has 0 unspecified atom stereocenters. The molecule has 2 aromatic rings. The van der Waals surface area contributed by atoms with Crippen LogP contribution >= 0.6 is 0 Å². The van der Waals surface area contributed by atoms with Crippen molar-refractivity contribution in [2.45, 2.75) is 44.7 Å². The summed E-state index contributed by atoms with van der Waals surface area (Å²) in [4.78, 5) is 29.5. The van der Waals surface area contributed by atoms with E-state index in [-0.39, 0.29) is 34.9 Å². The molecule has 7 nitrogen and oxygen atoms in total. The molecule has 8 heteroatoms. The smallest absolute Gasteiger partial charge is 0.261 e. The second-order valence-corrected chi connectivity index (χ2v) is 10.3. The van der Waals surface area contributed by atoms with Crippen molar-refractivity contribution < 1.29 is 13.2 Å². The molecule has 1 amide bonds. The first-order chi connectivity index (χ1) is 13.4. The lowest BCUT2D eigenvalue weighted by atomic mass is 9.81. The minimum Gasteiger partial charge on any atom is -0.352 e. The Labute approximate surface area is 164 Å².